The minimum Gasteiger partial charge on any atom is -0.494 e. The number of halogens is 1. The number of piperidine rings is 1. The lowest BCUT2D eigenvalue weighted by Gasteiger charge is -2.43. The number of hydrogen-bond acceptors (Lipinski definition) is 10. The van der Waals surface area contributed by atoms with Crippen molar-refractivity contribution >= 4 is 58.0 Å². The van der Waals surface area contributed by atoms with E-state index in [9.17, 15) is 0 Å². The molecule has 4 aromatic rings. The van der Waals surface area contributed by atoms with Gasteiger partial charge < -0.3 is 29.9 Å². The molecule has 256 valence electrons. The summed E-state index contributed by atoms with van der Waals surface area (Å²) in [6.45, 7) is 13.5. The Morgan fingerprint density at radius 2 is 1.71 bits per heavy atom. The third kappa shape index (κ3) is 7.72. The molecule has 0 radical (unpaired) electrons. The number of aryl methyl sites for hydroxylation is 1. The average molecular weight is 737 g/mol. The van der Waals surface area contributed by atoms with Gasteiger partial charge in [-0.3, -0.25) is 4.90 Å². The lowest BCUT2D eigenvalue weighted by atomic mass is 9.99. The van der Waals surface area contributed by atoms with E-state index in [4.69, 9.17) is 14.5 Å². The summed E-state index contributed by atoms with van der Waals surface area (Å²) in [5.41, 5.74) is 5.36. The van der Waals surface area contributed by atoms with Gasteiger partial charge in [0.15, 0.2) is 5.75 Å². The molecule has 0 atom stereocenters. The van der Waals surface area contributed by atoms with Gasteiger partial charge in [0.05, 0.1) is 42.5 Å². The molecule has 2 fully saturated rings. The largest absolute Gasteiger partial charge is 0.494 e. The lowest BCUT2D eigenvalue weighted by Crippen LogP contribution is -2.52. The van der Waals surface area contributed by atoms with Gasteiger partial charge in [-0.25, -0.2) is 9.67 Å². The molecule has 2 aromatic heterocycles. The molecule has 0 bridgehead atoms. The summed E-state index contributed by atoms with van der Waals surface area (Å²) < 4.78 is 13.8. The number of nitrogens with one attached hydrogen (secondary N) is 2. The van der Waals surface area contributed by atoms with Crippen LogP contribution in [0, 0.1) is 0 Å². The molecule has 2 N–H and O–H groups in total. The Kier molecular flexibility index (Phi) is 11.1. The van der Waals surface area contributed by atoms with Gasteiger partial charge in [0.25, 0.3) is 0 Å². The zero-order valence-corrected chi connectivity index (χ0v) is 31.3. The highest BCUT2D eigenvalue weighted by atomic mass is 79.9. The molecule has 0 unspecified atom stereocenters. The van der Waals surface area contributed by atoms with Crippen molar-refractivity contribution in [1.82, 2.24) is 29.5 Å². The Hall–Kier alpha value is -3.44. The molecule has 48 heavy (non-hydrogen) atoms. The maximum Gasteiger partial charge on any atom is 0.229 e. The Morgan fingerprint density at radius 3 is 2.38 bits per heavy atom. The van der Waals surface area contributed by atoms with Gasteiger partial charge in [0.1, 0.15) is 11.6 Å². The summed E-state index contributed by atoms with van der Waals surface area (Å²) in [5, 5.41) is 12.7. The molecule has 0 saturated carbocycles. The molecular weight excluding hydrogens is 689 g/mol. The first kappa shape index (κ1) is 34.4. The smallest absolute Gasteiger partial charge is 0.229 e. The Bertz CT molecular complexity index is 1700. The van der Waals surface area contributed by atoms with Crippen LogP contribution in [-0.4, -0.2) is 109 Å². The van der Waals surface area contributed by atoms with E-state index in [1.807, 2.05) is 16.9 Å². The standard InChI is InChI=1S/C35H47BrN9O2P/c1-7-24-18-30(32(47-4)20-31(24)44-12-10-25(11-13-44)43-16-14-42(2)15-17-43)40-35-37-22-28(36)34(41-35)39-29-9-8-26(19-33(29)48(5)6)45-23-27(46-3)21-38-45/h8-9,18-23,25H,7,10-17H2,1-6H3,(H2,37,39,40,41). The minimum absolute atomic E-state index is 0.436. The number of anilines is 5. The van der Waals surface area contributed by atoms with E-state index in [1.165, 1.54) is 55.6 Å². The van der Waals surface area contributed by atoms with Crippen LogP contribution >= 0.6 is 23.9 Å². The molecular formula is C35H47BrN9O2P. The van der Waals surface area contributed by atoms with Crippen LogP contribution in [-0.2, 0) is 6.42 Å². The number of nitrogens with zero attached hydrogens (tertiary/aromatic N) is 7. The molecule has 0 spiro atoms. The average Bonchev–Trinajstić information content (AvgIpc) is 3.59. The summed E-state index contributed by atoms with van der Waals surface area (Å²) >= 11 is 3.66. The van der Waals surface area contributed by atoms with E-state index in [2.05, 4.69) is 103 Å². The number of methoxy groups -OCH3 is 2. The lowest BCUT2D eigenvalue weighted by molar-refractivity contribution is 0.0982. The topological polar surface area (TPSA) is 95.8 Å². The molecule has 2 aromatic carbocycles. The van der Waals surface area contributed by atoms with Crippen LogP contribution < -0.4 is 30.3 Å². The highest BCUT2D eigenvalue weighted by molar-refractivity contribution is 9.10. The van der Waals surface area contributed by atoms with Crippen molar-refractivity contribution in [2.75, 3.05) is 89.4 Å². The second-order valence-corrected chi connectivity index (χ2v) is 15.8. The SMILES string of the molecule is CCc1cc(Nc2ncc(Br)c(Nc3ccc(-n4cc(OC)cn4)cc3P(C)C)n2)c(OC)cc1N1CCC(N2CCN(C)CC2)CC1. The van der Waals surface area contributed by atoms with E-state index in [-0.39, 0.29) is 0 Å². The van der Waals surface area contributed by atoms with Crippen molar-refractivity contribution in [2.24, 2.45) is 0 Å². The van der Waals surface area contributed by atoms with Gasteiger partial charge in [0.2, 0.25) is 5.95 Å². The van der Waals surface area contributed by atoms with E-state index in [1.54, 1.807) is 26.6 Å². The van der Waals surface area contributed by atoms with Gasteiger partial charge in [-0.05, 0) is 85.4 Å². The van der Waals surface area contributed by atoms with Crippen LogP contribution in [0.4, 0.5) is 28.8 Å². The minimum atomic E-state index is -0.436. The van der Waals surface area contributed by atoms with Gasteiger partial charge in [0, 0.05) is 74.3 Å². The van der Waals surface area contributed by atoms with Crippen molar-refractivity contribution in [2.45, 2.75) is 32.2 Å². The molecule has 2 aliphatic rings. The van der Waals surface area contributed by atoms with Crippen LogP contribution in [0.25, 0.3) is 5.69 Å². The van der Waals surface area contributed by atoms with E-state index in [0.717, 1.165) is 52.5 Å². The predicted octanol–water partition coefficient (Wildman–Crippen LogP) is 6.07. The van der Waals surface area contributed by atoms with Gasteiger partial charge in [-0.2, -0.15) is 10.1 Å². The first-order valence-corrected chi connectivity index (χ1v) is 19.6. The molecule has 13 heteroatoms. The number of ether oxygens (including phenoxy) is 2. The summed E-state index contributed by atoms with van der Waals surface area (Å²) in [4.78, 5) is 17.1. The normalized spacial score (nSPS) is 16.4. The van der Waals surface area contributed by atoms with Gasteiger partial charge >= 0.3 is 0 Å². The second kappa shape index (κ2) is 15.4. The second-order valence-electron chi connectivity index (χ2n) is 12.7. The van der Waals surface area contributed by atoms with Crippen molar-refractivity contribution in [3.63, 3.8) is 0 Å². The zero-order chi connectivity index (χ0) is 33.8. The number of hydrogen-bond donors (Lipinski definition) is 2. The van der Waals surface area contributed by atoms with E-state index in [0.29, 0.717) is 17.8 Å². The molecule has 6 rings (SSSR count). The van der Waals surface area contributed by atoms with Crippen molar-refractivity contribution < 1.29 is 9.47 Å². The van der Waals surface area contributed by atoms with Gasteiger partial charge in [-0.1, -0.05) is 14.8 Å². The fraction of sp³-hybridized carbons (Fsp3) is 0.457. The molecule has 0 aliphatic carbocycles. The first-order valence-electron chi connectivity index (χ1n) is 16.6. The van der Waals surface area contributed by atoms with Crippen LogP contribution in [0.1, 0.15) is 25.3 Å². The highest BCUT2D eigenvalue weighted by Gasteiger charge is 2.28. The summed E-state index contributed by atoms with van der Waals surface area (Å²) in [7, 11) is 5.16. The number of benzene rings is 2. The number of likely N-dealkylation sites (N-methyl/N-ethyl adjacent to an activating group) is 1. The number of rotatable bonds is 11. The summed E-state index contributed by atoms with van der Waals surface area (Å²) in [6.07, 6.45) is 8.66. The van der Waals surface area contributed by atoms with Crippen LogP contribution in [0.5, 0.6) is 11.5 Å². The van der Waals surface area contributed by atoms with Crippen LogP contribution in [0.15, 0.2) is 53.4 Å². The third-order valence-electron chi connectivity index (χ3n) is 9.41. The fourth-order valence-corrected chi connectivity index (χ4v) is 7.86. The molecule has 4 heterocycles. The van der Waals surface area contributed by atoms with Crippen LogP contribution in [0.3, 0.4) is 0 Å². The summed E-state index contributed by atoms with van der Waals surface area (Å²) in [5.74, 6) is 2.66. The quantitative estimate of drug-likeness (QED) is 0.177. The maximum absolute atomic E-state index is 5.93. The highest BCUT2D eigenvalue weighted by Crippen LogP contribution is 2.38. The fourth-order valence-electron chi connectivity index (χ4n) is 6.57. The van der Waals surface area contributed by atoms with Crippen LogP contribution in [0.2, 0.25) is 0 Å². The first-order chi connectivity index (χ1) is 23.3. The molecule has 11 nitrogen and oxygen atoms in total. The Morgan fingerprint density at radius 1 is 0.938 bits per heavy atom. The number of piperazine rings is 1. The Balaban J connectivity index is 1.19. The third-order valence-corrected chi connectivity index (χ3v) is 11.3. The Labute approximate surface area is 293 Å². The van der Waals surface area contributed by atoms with E-state index >= 15 is 0 Å². The molecule has 2 saturated heterocycles. The molecule has 2 aliphatic heterocycles. The van der Waals surface area contributed by atoms with Gasteiger partial charge in [-0.15, -0.1) is 0 Å². The zero-order valence-electron chi connectivity index (χ0n) is 28.8. The van der Waals surface area contributed by atoms with Crippen molar-refractivity contribution in [1.29, 1.82) is 0 Å². The summed E-state index contributed by atoms with van der Waals surface area (Å²) in [6, 6.07) is 11.3. The van der Waals surface area contributed by atoms with Crippen molar-refractivity contribution in [3.8, 4) is 17.2 Å². The molecule has 0 amide bonds. The number of aromatic nitrogens is 4. The maximum atomic E-state index is 5.93. The predicted molar refractivity (Wildman–Crippen MR) is 201 cm³/mol. The van der Waals surface area contributed by atoms with E-state index < -0.39 is 7.92 Å². The van der Waals surface area contributed by atoms with Crippen molar-refractivity contribution in [3.05, 3.63) is 59.0 Å². The monoisotopic (exact) mass is 735 g/mol.